The number of nitrogens with zero attached hydrogens (tertiary/aromatic N) is 2. The Hall–Kier alpha value is -4.17. The molecule has 0 saturated heterocycles. The smallest absolute Gasteiger partial charge is 0.256 e. The van der Waals surface area contributed by atoms with E-state index in [-0.39, 0.29) is 25.0 Å². The Kier molecular flexibility index (Phi) is 7.42. The molecule has 4 rings (SSSR count). The van der Waals surface area contributed by atoms with Gasteiger partial charge in [-0.15, -0.1) is 0 Å². The minimum Gasteiger partial charge on any atom is -0.485 e. The van der Waals surface area contributed by atoms with Gasteiger partial charge in [-0.25, -0.2) is 0 Å². The summed E-state index contributed by atoms with van der Waals surface area (Å²) in [5, 5.41) is 15.1. The maximum absolute atomic E-state index is 13.4. The highest BCUT2D eigenvalue weighted by atomic mass is 16.5. The predicted molar refractivity (Wildman–Crippen MR) is 127 cm³/mol. The first kappa shape index (κ1) is 24.0. The fourth-order valence-corrected chi connectivity index (χ4v) is 3.73. The highest BCUT2D eigenvalue weighted by Crippen LogP contribution is 2.31. The van der Waals surface area contributed by atoms with Crippen LogP contribution < -0.4 is 4.74 Å². The number of aliphatic hydroxyl groups excluding tert-OH is 1. The zero-order chi connectivity index (χ0) is 24.8. The lowest BCUT2D eigenvalue weighted by molar-refractivity contribution is -0.107. The second-order valence-corrected chi connectivity index (χ2v) is 8.22. The number of hydrogen-bond acceptors (Lipinski definition) is 7. The fraction of sp³-hybridized carbons (Fsp3) is 0.222. The Morgan fingerprint density at radius 1 is 1.11 bits per heavy atom. The number of ether oxygens (including phenoxy) is 1. The molecule has 0 saturated carbocycles. The van der Waals surface area contributed by atoms with Crippen LogP contribution in [0.25, 0.3) is 11.3 Å². The van der Waals surface area contributed by atoms with Crippen LogP contribution in [0.4, 0.5) is 0 Å². The molecule has 180 valence electrons. The van der Waals surface area contributed by atoms with Gasteiger partial charge in [-0.3, -0.25) is 4.79 Å². The van der Waals surface area contributed by atoms with Gasteiger partial charge in [0.15, 0.2) is 12.0 Å². The van der Waals surface area contributed by atoms with E-state index in [1.54, 1.807) is 54.8 Å². The molecule has 1 atom stereocenters. The van der Waals surface area contributed by atoms with E-state index < -0.39 is 6.23 Å². The Bertz CT molecular complexity index is 1260. The van der Waals surface area contributed by atoms with Crippen LogP contribution >= 0.6 is 0 Å². The molecule has 1 N–H and O–H groups in total. The molecule has 2 heterocycles. The van der Waals surface area contributed by atoms with Gasteiger partial charge in [-0.2, -0.15) is 0 Å². The van der Waals surface area contributed by atoms with Gasteiger partial charge in [-0.1, -0.05) is 35.5 Å². The molecular weight excluding hydrogens is 448 g/mol. The van der Waals surface area contributed by atoms with Crippen LogP contribution in [-0.4, -0.2) is 33.4 Å². The molecule has 0 radical (unpaired) electrons. The lowest BCUT2D eigenvalue weighted by atomic mass is 10.1. The second kappa shape index (κ2) is 10.8. The molecule has 4 aromatic rings. The van der Waals surface area contributed by atoms with Gasteiger partial charge in [0.1, 0.15) is 24.4 Å². The van der Waals surface area contributed by atoms with Crippen molar-refractivity contribution in [2.45, 2.75) is 39.1 Å². The molecule has 1 amide bonds. The third-order valence-electron chi connectivity index (χ3n) is 5.46. The molecule has 0 fully saturated rings. The summed E-state index contributed by atoms with van der Waals surface area (Å²) in [6.07, 6.45) is 1.25. The Morgan fingerprint density at radius 2 is 1.89 bits per heavy atom. The number of rotatable bonds is 10. The summed E-state index contributed by atoms with van der Waals surface area (Å²) in [6.45, 7) is 3.73. The fourth-order valence-electron chi connectivity index (χ4n) is 3.73. The van der Waals surface area contributed by atoms with Gasteiger partial charge in [0.25, 0.3) is 5.91 Å². The standard InChI is InChI=1S/C27H26N2O6/c1-18(2)29(26(31)20-11-9-19(10-12-20)24-8-5-15-33-24)27(32)23-6-3-4-7-25(23)34-17-22-16-21(13-14-30)28-35-22/h3-12,14-16,18,27,32H,13,17H2,1-2H3. The Labute approximate surface area is 202 Å². The van der Waals surface area contributed by atoms with E-state index in [9.17, 15) is 14.7 Å². The topological polar surface area (TPSA) is 106 Å². The van der Waals surface area contributed by atoms with Crippen molar-refractivity contribution in [3.63, 3.8) is 0 Å². The van der Waals surface area contributed by atoms with E-state index in [1.165, 1.54) is 4.90 Å². The summed E-state index contributed by atoms with van der Waals surface area (Å²) in [4.78, 5) is 25.5. The summed E-state index contributed by atoms with van der Waals surface area (Å²) >= 11 is 0. The first-order valence-electron chi connectivity index (χ1n) is 11.2. The third-order valence-corrected chi connectivity index (χ3v) is 5.46. The first-order valence-corrected chi connectivity index (χ1v) is 11.2. The van der Waals surface area contributed by atoms with Crippen LogP contribution in [-0.2, 0) is 17.8 Å². The third kappa shape index (κ3) is 5.50. The number of aromatic nitrogens is 1. The van der Waals surface area contributed by atoms with Crippen LogP contribution in [0.5, 0.6) is 5.75 Å². The van der Waals surface area contributed by atoms with Gasteiger partial charge in [-0.05, 0) is 44.2 Å². The minimum atomic E-state index is -1.25. The molecule has 0 aliphatic heterocycles. The van der Waals surface area contributed by atoms with Crippen LogP contribution in [0, 0.1) is 0 Å². The van der Waals surface area contributed by atoms with Crippen molar-refractivity contribution in [3.8, 4) is 17.1 Å². The monoisotopic (exact) mass is 474 g/mol. The number of aldehydes is 1. The zero-order valence-corrected chi connectivity index (χ0v) is 19.5. The van der Waals surface area contributed by atoms with Crippen molar-refractivity contribution >= 4 is 12.2 Å². The number of carbonyl (C=O) groups is 2. The van der Waals surface area contributed by atoms with Crippen molar-refractivity contribution in [2.24, 2.45) is 0 Å². The summed E-state index contributed by atoms with van der Waals surface area (Å²) in [7, 11) is 0. The number of benzene rings is 2. The molecule has 35 heavy (non-hydrogen) atoms. The SMILES string of the molecule is CC(C)N(C(=O)c1ccc(-c2ccco2)cc1)C(O)c1ccccc1OCc1cc(CC=O)no1. The van der Waals surface area contributed by atoms with Gasteiger partial charge in [0.05, 0.1) is 12.0 Å². The highest BCUT2D eigenvalue weighted by molar-refractivity contribution is 5.95. The molecule has 1 unspecified atom stereocenters. The largest absolute Gasteiger partial charge is 0.485 e. The average Bonchev–Trinajstić information content (AvgIpc) is 3.56. The molecule has 0 aliphatic carbocycles. The molecule has 8 heteroatoms. The lowest BCUT2D eigenvalue weighted by Crippen LogP contribution is -2.40. The van der Waals surface area contributed by atoms with Gasteiger partial charge in [0.2, 0.25) is 0 Å². The first-order chi connectivity index (χ1) is 17.0. The van der Waals surface area contributed by atoms with Gasteiger partial charge < -0.3 is 28.5 Å². The summed E-state index contributed by atoms with van der Waals surface area (Å²) in [6, 6.07) is 19.0. The van der Waals surface area contributed by atoms with E-state index in [1.807, 2.05) is 32.0 Å². The summed E-state index contributed by atoms with van der Waals surface area (Å²) in [5.74, 6) is 1.24. The molecule has 0 bridgehead atoms. The molecule has 8 nitrogen and oxygen atoms in total. The van der Waals surface area contributed by atoms with E-state index in [0.717, 1.165) is 11.8 Å². The predicted octanol–water partition coefficient (Wildman–Crippen LogP) is 4.80. The Morgan fingerprint density at radius 3 is 2.57 bits per heavy atom. The van der Waals surface area contributed by atoms with Gasteiger partial charge >= 0.3 is 0 Å². The summed E-state index contributed by atoms with van der Waals surface area (Å²) in [5.41, 5.74) is 2.25. The molecular formula is C27H26N2O6. The number of aliphatic hydroxyl groups is 1. The number of carbonyl (C=O) groups excluding carboxylic acids is 2. The van der Waals surface area contributed by atoms with Crippen molar-refractivity contribution in [1.82, 2.24) is 10.1 Å². The summed E-state index contributed by atoms with van der Waals surface area (Å²) < 4.78 is 16.5. The molecule has 0 spiro atoms. The normalized spacial score (nSPS) is 11.9. The van der Waals surface area contributed by atoms with Crippen molar-refractivity contribution in [2.75, 3.05) is 0 Å². The van der Waals surface area contributed by atoms with Crippen molar-refractivity contribution in [3.05, 3.63) is 95.6 Å². The Balaban J connectivity index is 1.53. The van der Waals surface area contributed by atoms with E-state index in [4.69, 9.17) is 13.7 Å². The van der Waals surface area contributed by atoms with E-state index in [0.29, 0.717) is 34.1 Å². The van der Waals surface area contributed by atoms with Gasteiger partial charge in [0, 0.05) is 35.2 Å². The van der Waals surface area contributed by atoms with Crippen LogP contribution in [0.2, 0.25) is 0 Å². The van der Waals surface area contributed by atoms with Crippen molar-refractivity contribution < 1.29 is 28.4 Å². The van der Waals surface area contributed by atoms with E-state index >= 15 is 0 Å². The minimum absolute atomic E-state index is 0.0550. The maximum Gasteiger partial charge on any atom is 0.256 e. The molecule has 2 aromatic carbocycles. The van der Waals surface area contributed by atoms with Crippen molar-refractivity contribution in [1.29, 1.82) is 0 Å². The van der Waals surface area contributed by atoms with E-state index in [2.05, 4.69) is 5.16 Å². The maximum atomic E-state index is 13.4. The number of para-hydroxylation sites is 1. The lowest BCUT2D eigenvalue weighted by Gasteiger charge is -2.32. The molecule has 2 aromatic heterocycles. The number of furan rings is 1. The zero-order valence-electron chi connectivity index (χ0n) is 19.5. The van der Waals surface area contributed by atoms with Crippen LogP contribution in [0.1, 0.15) is 47.5 Å². The number of hydrogen-bond donors (Lipinski definition) is 1. The number of amides is 1. The van der Waals surface area contributed by atoms with Crippen LogP contribution in [0.15, 0.2) is 81.9 Å². The quantitative estimate of drug-likeness (QED) is 0.260. The second-order valence-electron chi connectivity index (χ2n) is 8.22. The molecule has 0 aliphatic rings. The highest BCUT2D eigenvalue weighted by Gasteiger charge is 2.29. The average molecular weight is 475 g/mol. The van der Waals surface area contributed by atoms with Crippen LogP contribution in [0.3, 0.4) is 0 Å².